The highest BCUT2D eigenvalue weighted by Crippen LogP contribution is 2.37. The summed E-state index contributed by atoms with van der Waals surface area (Å²) in [7, 11) is 0. The van der Waals surface area contributed by atoms with Crippen LogP contribution in [0.3, 0.4) is 0 Å². The van der Waals surface area contributed by atoms with Crippen molar-refractivity contribution in [3.8, 4) is 0 Å². The Hall–Kier alpha value is -2.67. The highest BCUT2D eigenvalue weighted by Gasteiger charge is 2.34. The minimum atomic E-state index is -0.901. The number of halogens is 2. The van der Waals surface area contributed by atoms with Crippen LogP contribution in [0.2, 0.25) is 0 Å². The second kappa shape index (κ2) is 7.99. The van der Waals surface area contributed by atoms with Gasteiger partial charge in [0, 0.05) is 49.0 Å². The van der Waals surface area contributed by atoms with Gasteiger partial charge in [0.1, 0.15) is 0 Å². The molecule has 0 aromatic heterocycles. The van der Waals surface area contributed by atoms with E-state index < -0.39 is 11.6 Å². The van der Waals surface area contributed by atoms with Gasteiger partial charge in [-0.25, -0.2) is 13.6 Å². The molecule has 0 unspecified atom stereocenters. The largest absolute Gasteiger partial charge is 0.369 e. The number of urea groups is 1. The summed E-state index contributed by atoms with van der Waals surface area (Å²) in [6, 6.07) is 9.81. The molecule has 2 aliphatic rings. The van der Waals surface area contributed by atoms with E-state index in [0.29, 0.717) is 6.54 Å². The molecule has 0 aliphatic carbocycles. The van der Waals surface area contributed by atoms with Crippen LogP contribution in [0.5, 0.6) is 0 Å². The molecule has 2 heterocycles. The molecule has 1 saturated heterocycles. The number of carbonyl (C=O) groups excluding carboxylic acids is 1. The molecule has 0 saturated carbocycles. The fraction of sp³-hybridized carbons (Fsp3) is 0.409. The lowest BCUT2D eigenvalue weighted by Gasteiger charge is -2.42. The van der Waals surface area contributed by atoms with Crippen LogP contribution >= 0.6 is 0 Å². The maximum atomic E-state index is 14.3. The quantitative estimate of drug-likeness (QED) is 0.850. The van der Waals surface area contributed by atoms with Crippen LogP contribution in [-0.4, -0.2) is 43.2 Å². The number of nitrogens with one attached hydrogen (secondary N) is 1. The molecule has 5 nitrogen and oxygen atoms in total. The predicted molar refractivity (Wildman–Crippen MR) is 110 cm³/mol. The number of carbonyl (C=O) groups is 1. The van der Waals surface area contributed by atoms with Crippen LogP contribution in [0.4, 0.5) is 25.0 Å². The number of benzene rings is 2. The van der Waals surface area contributed by atoms with E-state index in [2.05, 4.69) is 16.3 Å². The monoisotopic (exact) mass is 400 g/mol. The first-order valence-corrected chi connectivity index (χ1v) is 10.1. The number of piperazine rings is 1. The van der Waals surface area contributed by atoms with Crippen LogP contribution in [-0.2, 0) is 13.1 Å². The molecule has 29 heavy (non-hydrogen) atoms. The van der Waals surface area contributed by atoms with Gasteiger partial charge in [0.15, 0.2) is 11.6 Å². The van der Waals surface area contributed by atoms with Crippen molar-refractivity contribution in [2.24, 2.45) is 0 Å². The van der Waals surface area contributed by atoms with E-state index in [1.54, 1.807) is 9.80 Å². The molecule has 2 amide bonds. The second-order valence-corrected chi connectivity index (χ2v) is 7.82. The van der Waals surface area contributed by atoms with Crippen molar-refractivity contribution < 1.29 is 13.6 Å². The van der Waals surface area contributed by atoms with Crippen molar-refractivity contribution in [1.82, 2.24) is 10.2 Å². The van der Waals surface area contributed by atoms with E-state index in [-0.39, 0.29) is 24.2 Å². The molecule has 4 rings (SSSR count). The van der Waals surface area contributed by atoms with Crippen LogP contribution in [0.25, 0.3) is 0 Å². The number of hydrogen-bond acceptors (Lipinski definition) is 3. The Morgan fingerprint density at radius 2 is 1.72 bits per heavy atom. The fourth-order valence-corrected chi connectivity index (χ4v) is 4.07. The zero-order chi connectivity index (χ0) is 20.5. The molecule has 0 atom stereocenters. The first-order chi connectivity index (χ1) is 14.0. The van der Waals surface area contributed by atoms with Crippen LogP contribution in [0, 0.1) is 11.6 Å². The third-order valence-corrected chi connectivity index (χ3v) is 5.66. The van der Waals surface area contributed by atoms with Crippen LogP contribution in [0.15, 0.2) is 36.4 Å². The zero-order valence-corrected chi connectivity index (χ0v) is 16.8. The number of rotatable bonds is 4. The highest BCUT2D eigenvalue weighted by atomic mass is 19.2. The SMILES string of the molecule is CC(C)N1Cc2c(N3CCNCC3)cccc2N(Cc2cccc(F)c2F)C1=O. The summed E-state index contributed by atoms with van der Waals surface area (Å²) in [5.41, 5.74) is 3.10. The molecule has 2 aliphatic heterocycles. The first-order valence-electron chi connectivity index (χ1n) is 10.1. The number of anilines is 2. The minimum absolute atomic E-state index is 0.00779. The minimum Gasteiger partial charge on any atom is -0.369 e. The van der Waals surface area contributed by atoms with Gasteiger partial charge in [0.25, 0.3) is 0 Å². The summed E-state index contributed by atoms with van der Waals surface area (Å²) in [5.74, 6) is -1.80. The van der Waals surface area contributed by atoms with Gasteiger partial charge in [-0.05, 0) is 32.0 Å². The molecule has 1 N–H and O–H groups in total. The van der Waals surface area contributed by atoms with Crippen LogP contribution in [0.1, 0.15) is 25.0 Å². The van der Waals surface area contributed by atoms with Crippen molar-refractivity contribution in [2.45, 2.75) is 33.0 Å². The summed E-state index contributed by atoms with van der Waals surface area (Å²) in [4.78, 5) is 18.9. The Bertz CT molecular complexity index is 912. The number of amides is 2. The van der Waals surface area contributed by atoms with E-state index in [0.717, 1.165) is 49.2 Å². The first kappa shape index (κ1) is 19.6. The summed E-state index contributed by atoms with van der Waals surface area (Å²) in [6.45, 7) is 8.05. The van der Waals surface area contributed by atoms with E-state index >= 15 is 0 Å². The molecule has 1 fully saturated rings. The van der Waals surface area contributed by atoms with Gasteiger partial charge in [-0.1, -0.05) is 18.2 Å². The smallest absolute Gasteiger partial charge is 0.325 e. The molecule has 2 aromatic carbocycles. The van der Waals surface area contributed by atoms with Gasteiger partial charge in [-0.3, -0.25) is 4.90 Å². The third-order valence-electron chi connectivity index (χ3n) is 5.66. The van der Waals surface area contributed by atoms with Crippen molar-refractivity contribution in [3.05, 3.63) is 59.2 Å². The summed E-state index contributed by atoms with van der Waals surface area (Å²) in [5, 5.41) is 3.36. The van der Waals surface area contributed by atoms with E-state index in [9.17, 15) is 13.6 Å². The Morgan fingerprint density at radius 3 is 2.45 bits per heavy atom. The molecule has 154 valence electrons. The Labute approximate surface area is 169 Å². The average molecular weight is 400 g/mol. The van der Waals surface area contributed by atoms with E-state index in [1.165, 1.54) is 12.1 Å². The molecule has 2 aromatic rings. The second-order valence-electron chi connectivity index (χ2n) is 7.82. The number of nitrogens with zero attached hydrogens (tertiary/aromatic N) is 3. The predicted octanol–water partition coefficient (Wildman–Crippen LogP) is 3.73. The lowest BCUT2D eigenvalue weighted by atomic mass is 10.0. The molecule has 0 bridgehead atoms. The van der Waals surface area contributed by atoms with Gasteiger partial charge < -0.3 is 15.1 Å². The third kappa shape index (κ3) is 3.67. The van der Waals surface area contributed by atoms with Gasteiger partial charge in [-0.15, -0.1) is 0 Å². The van der Waals surface area contributed by atoms with Crippen molar-refractivity contribution in [1.29, 1.82) is 0 Å². The Morgan fingerprint density at radius 1 is 1.03 bits per heavy atom. The molecule has 7 heteroatoms. The van der Waals surface area contributed by atoms with Gasteiger partial charge in [0.2, 0.25) is 0 Å². The Balaban J connectivity index is 1.77. The number of hydrogen-bond donors (Lipinski definition) is 1. The van der Waals surface area contributed by atoms with Gasteiger partial charge >= 0.3 is 6.03 Å². The van der Waals surface area contributed by atoms with Crippen LogP contribution < -0.4 is 15.1 Å². The van der Waals surface area contributed by atoms with E-state index in [4.69, 9.17) is 0 Å². The highest BCUT2D eigenvalue weighted by molar-refractivity contribution is 5.96. The molecular formula is C22H26F2N4O. The summed E-state index contributed by atoms with van der Waals surface area (Å²) >= 11 is 0. The molecular weight excluding hydrogens is 374 g/mol. The molecule has 0 radical (unpaired) electrons. The van der Waals surface area contributed by atoms with E-state index in [1.807, 2.05) is 26.0 Å². The lowest BCUT2D eigenvalue weighted by Crippen LogP contribution is -2.50. The maximum absolute atomic E-state index is 14.3. The number of fused-ring (bicyclic) bond motifs is 1. The fourth-order valence-electron chi connectivity index (χ4n) is 4.07. The summed E-state index contributed by atoms with van der Waals surface area (Å²) in [6.07, 6.45) is 0. The van der Waals surface area contributed by atoms with Crippen molar-refractivity contribution in [3.63, 3.8) is 0 Å². The van der Waals surface area contributed by atoms with Gasteiger partial charge in [0.05, 0.1) is 18.8 Å². The Kier molecular flexibility index (Phi) is 5.41. The van der Waals surface area contributed by atoms with Crippen molar-refractivity contribution in [2.75, 3.05) is 36.0 Å². The topological polar surface area (TPSA) is 38.8 Å². The standard InChI is InChI=1S/C22H26F2N4O/c1-15(2)27-14-17-19(26-11-9-25-10-12-26)7-4-8-20(17)28(22(27)29)13-16-5-3-6-18(23)21(16)24/h3-8,15,25H,9-14H2,1-2H3. The van der Waals surface area contributed by atoms with Crippen molar-refractivity contribution >= 4 is 17.4 Å². The van der Waals surface area contributed by atoms with Gasteiger partial charge in [-0.2, -0.15) is 0 Å². The normalized spacial score (nSPS) is 17.1. The molecule has 0 spiro atoms. The lowest BCUT2D eigenvalue weighted by molar-refractivity contribution is 0.182. The zero-order valence-electron chi connectivity index (χ0n) is 16.8. The average Bonchev–Trinajstić information content (AvgIpc) is 2.73. The maximum Gasteiger partial charge on any atom is 0.325 e. The summed E-state index contributed by atoms with van der Waals surface area (Å²) < 4.78 is 28.1.